The molecule has 0 fully saturated rings. The van der Waals surface area contributed by atoms with Crippen LogP contribution in [0.2, 0.25) is 0 Å². The molecule has 1 aromatic heterocycles. The van der Waals surface area contributed by atoms with Gasteiger partial charge in [0.25, 0.3) is 0 Å². The van der Waals surface area contributed by atoms with Gasteiger partial charge in [-0.25, -0.2) is 9.37 Å². The average Bonchev–Trinajstić information content (AvgIpc) is 3.24. The zero-order chi connectivity index (χ0) is 21.3. The number of ether oxygens (including phenoxy) is 1. The Morgan fingerprint density at radius 1 is 1.07 bits per heavy atom. The van der Waals surface area contributed by atoms with Crippen LogP contribution >= 0.6 is 0 Å². The second-order valence-corrected chi connectivity index (χ2v) is 6.73. The van der Waals surface area contributed by atoms with Crippen LogP contribution in [-0.4, -0.2) is 35.4 Å². The highest BCUT2D eigenvalue weighted by molar-refractivity contribution is 5.77. The molecule has 2 aromatic carbocycles. The fourth-order valence-corrected chi connectivity index (χ4v) is 3.01. The van der Waals surface area contributed by atoms with Gasteiger partial charge in [0.2, 0.25) is 5.91 Å². The summed E-state index contributed by atoms with van der Waals surface area (Å²) in [6.07, 6.45) is 2.00. The molecule has 156 valence electrons. The summed E-state index contributed by atoms with van der Waals surface area (Å²) in [5.41, 5.74) is 1.29. The van der Waals surface area contributed by atoms with Crippen molar-refractivity contribution in [2.45, 2.75) is 25.8 Å². The number of aryl methyl sites for hydroxylation is 1. The molecule has 1 amide bonds. The van der Waals surface area contributed by atoms with E-state index in [4.69, 9.17) is 4.42 Å². The number of aromatic nitrogens is 1. The molecule has 0 unspecified atom stereocenters. The van der Waals surface area contributed by atoms with Crippen molar-refractivity contribution in [3.8, 4) is 11.3 Å². The lowest BCUT2D eigenvalue weighted by Crippen LogP contribution is -2.33. The molecule has 0 N–H and O–H groups in total. The molecule has 1 heterocycles. The molecule has 0 saturated heterocycles. The Morgan fingerprint density at radius 2 is 1.80 bits per heavy atom. The van der Waals surface area contributed by atoms with Crippen molar-refractivity contribution in [2.75, 3.05) is 13.7 Å². The lowest BCUT2D eigenvalue weighted by molar-refractivity contribution is -0.142. The van der Waals surface area contributed by atoms with E-state index < -0.39 is 5.82 Å². The van der Waals surface area contributed by atoms with Gasteiger partial charge >= 0.3 is 5.97 Å². The number of rotatable bonds is 9. The average molecular weight is 410 g/mol. The third kappa shape index (κ3) is 5.76. The number of halogens is 1. The summed E-state index contributed by atoms with van der Waals surface area (Å²) in [4.78, 5) is 30.1. The van der Waals surface area contributed by atoms with E-state index in [2.05, 4.69) is 9.72 Å². The summed E-state index contributed by atoms with van der Waals surface area (Å²) in [5.74, 6) is -0.221. The highest BCUT2D eigenvalue weighted by atomic mass is 19.1. The summed E-state index contributed by atoms with van der Waals surface area (Å²) in [6, 6.07) is 15.8. The predicted octanol–water partition coefficient (Wildman–Crippen LogP) is 4.01. The maximum atomic E-state index is 13.9. The molecule has 0 atom stereocenters. The van der Waals surface area contributed by atoms with Crippen LogP contribution in [0.5, 0.6) is 0 Å². The first-order valence-electron chi connectivity index (χ1n) is 9.65. The van der Waals surface area contributed by atoms with Gasteiger partial charge < -0.3 is 14.1 Å². The first-order valence-corrected chi connectivity index (χ1v) is 9.65. The number of amides is 1. The zero-order valence-corrected chi connectivity index (χ0v) is 16.7. The molecule has 0 aliphatic heterocycles. The Kier molecular flexibility index (Phi) is 7.32. The fourth-order valence-electron chi connectivity index (χ4n) is 3.01. The number of methoxy groups -OCH3 is 1. The van der Waals surface area contributed by atoms with Crippen LogP contribution in [0.4, 0.5) is 4.39 Å². The van der Waals surface area contributed by atoms with Crippen molar-refractivity contribution in [2.24, 2.45) is 0 Å². The van der Waals surface area contributed by atoms with Gasteiger partial charge in [0.1, 0.15) is 5.82 Å². The molecule has 0 radical (unpaired) electrons. The number of nitrogens with zero attached hydrogens (tertiary/aromatic N) is 2. The summed E-state index contributed by atoms with van der Waals surface area (Å²) in [6.45, 7) is 0.648. The maximum Gasteiger partial charge on any atom is 0.307 e. The SMILES string of the molecule is COC(=O)CCN(Cc1ccccc1)C(=O)CCc1ncc(-c2ccccc2F)o1. The van der Waals surface area contributed by atoms with Crippen LogP contribution in [0.15, 0.2) is 65.2 Å². The number of carbonyl (C=O) groups is 2. The molecular weight excluding hydrogens is 387 g/mol. The highest BCUT2D eigenvalue weighted by Crippen LogP contribution is 2.23. The molecule has 0 spiro atoms. The van der Waals surface area contributed by atoms with Crippen molar-refractivity contribution < 1.29 is 23.1 Å². The lowest BCUT2D eigenvalue weighted by Gasteiger charge is -2.22. The standard InChI is InChI=1S/C23H23FN2O4/c1-29-23(28)13-14-26(16-17-7-3-2-4-8-17)22(27)12-11-21-25-15-20(30-21)18-9-5-6-10-19(18)24/h2-10,15H,11-14,16H2,1H3. The Bertz CT molecular complexity index is 988. The largest absolute Gasteiger partial charge is 0.469 e. The van der Waals surface area contributed by atoms with Crippen LogP contribution in [-0.2, 0) is 27.3 Å². The van der Waals surface area contributed by atoms with Gasteiger partial charge in [-0.3, -0.25) is 9.59 Å². The lowest BCUT2D eigenvalue weighted by atomic mass is 10.2. The molecule has 0 aliphatic carbocycles. The summed E-state index contributed by atoms with van der Waals surface area (Å²) in [5, 5.41) is 0. The van der Waals surface area contributed by atoms with Crippen molar-refractivity contribution >= 4 is 11.9 Å². The van der Waals surface area contributed by atoms with Gasteiger partial charge in [0.05, 0.1) is 25.3 Å². The third-order valence-corrected chi connectivity index (χ3v) is 4.63. The number of oxazole rings is 1. The second-order valence-electron chi connectivity index (χ2n) is 6.73. The van der Waals surface area contributed by atoms with Crippen LogP contribution in [0.3, 0.4) is 0 Å². The van der Waals surface area contributed by atoms with Gasteiger partial charge in [-0.1, -0.05) is 42.5 Å². The van der Waals surface area contributed by atoms with E-state index in [0.717, 1.165) is 5.56 Å². The third-order valence-electron chi connectivity index (χ3n) is 4.63. The monoisotopic (exact) mass is 410 g/mol. The molecule has 0 saturated carbocycles. The fraction of sp³-hybridized carbons (Fsp3) is 0.261. The number of benzene rings is 2. The number of carbonyl (C=O) groups excluding carboxylic acids is 2. The molecular formula is C23H23FN2O4. The first-order chi connectivity index (χ1) is 14.6. The summed E-state index contributed by atoms with van der Waals surface area (Å²) >= 11 is 0. The van der Waals surface area contributed by atoms with E-state index in [1.54, 1.807) is 23.1 Å². The maximum absolute atomic E-state index is 13.9. The van der Waals surface area contributed by atoms with Gasteiger partial charge in [-0.2, -0.15) is 0 Å². The van der Waals surface area contributed by atoms with E-state index in [-0.39, 0.29) is 37.7 Å². The Balaban J connectivity index is 1.63. The van der Waals surface area contributed by atoms with Crippen molar-refractivity contribution in [3.05, 3.63) is 78.1 Å². The van der Waals surface area contributed by atoms with Crippen molar-refractivity contribution in [3.63, 3.8) is 0 Å². The minimum atomic E-state index is -0.395. The van der Waals surface area contributed by atoms with Crippen molar-refractivity contribution in [1.29, 1.82) is 0 Å². The minimum absolute atomic E-state index is 0.117. The number of esters is 1. The second kappa shape index (κ2) is 10.3. The van der Waals surface area contributed by atoms with Gasteiger partial charge in [-0.15, -0.1) is 0 Å². The van der Waals surface area contributed by atoms with Crippen LogP contribution in [0.1, 0.15) is 24.3 Å². The molecule has 0 bridgehead atoms. The summed E-state index contributed by atoms with van der Waals surface area (Å²) < 4.78 is 24.2. The quantitative estimate of drug-likeness (QED) is 0.499. The van der Waals surface area contributed by atoms with E-state index in [9.17, 15) is 14.0 Å². The van der Waals surface area contributed by atoms with Crippen molar-refractivity contribution in [1.82, 2.24) is 9.88 Å². The first kappa shape index (κ1) is 21.2. The molecule has 30 heavy (non-hydrogen) atoms. The van der Waals surface area contributed by atoms with Crippen LogP contribution in [0, 0.1) is 5.82 Å². The minimum Gasteiger partial charge on any atom is -0.469 e. The number of hydrogen-bond acceptors (Lipinski definition) is 5. The molecule has 3 aromatic rings. The van der Waals surface area contributed by atoms with E-state index in [1.807, 2.05) is 30.3 Å². The molecule has 6 nitrogen and oxygen atoms in total. The Labute approximate surface area is 174 Å². The predicted molar refractivity (Wildman–Crippen MR) is 109 cm³/mol. The topological polar surface area (TPSA) is 72.6 Å². The number of hydrogen-bond donors (Lipinski definition) is 0. The van der Waals surface area contributed by atoms with Crippen LogP contribution < -0.4 is 0 Å². The molecule has 0 aliphatic rings. The van der Waals surface area contributed by atoms with E-state index in [1.165, 1.54) is 19.4 Å². The highest BCUT2D eigenvalue weighted by Gasteiger charge is 2.18. The van der Waals surface area contributed by atoms with Gasteiger partial charge in [0, 0.05) is 25.9 Å². The van der Waals surface area contributed by atoms with E-state index >= 15 is 0 Å². The van der Waals surface area contributed by atoms with Gasteiger partial charge in [-0.05, 0) is 17.7 Å². The Morgan fingerprint density at radius 3 is 2.53 bits per heavy atom. The summed E-state index contributed by atoms with van der Waals surface area (Å²) in [7, 11) is 1.32. The molecule has 7 heteroatoms. The van der Waals surface area contributed by atoms with E-state index in [0.29, 0.717) is 23.8 Å². The smallest absolute Gasteiger partial charge is 0.307 e. The van der Waals surface area contributed by atoms with Crippen LogP contribution in [0.25, 0.3) is 11.3 Å². The van der Waals surface area contributed by atoms with Gasteiger partial charge in [0.15, 0.2) is 11.7 Å². The molecule has 3 rings (SSSR count). The zero-order valence-electron chi connectivity index (χ0n) is 16.7. The Hall–Kier alpha value is -3.48. The normalized spacial score (nSPS) is 10.6.